The minimum atomic E-state index is -0.364. The molecule has 0 radical (unpaired) electrons. The predicted molar refractivity (Wildman–Crippen MR) is 72.8 cm³/mol. The minimum Gasteiger partial charge on any atom is -0.388 e. The van der Waals surface area contributed by atoms with E-state index in [-0.39, 0.29) is 6.10 Å². The van der Waals surface area contributed by atoms with Crippen molar-refractivity contribution in [2.75, 3.05) is 0 Å². The van der Waals surface area contributed by atoms with E-state index in [4.69, 9.17) is 0 Å². The molecule has 0 amide bonds. The number of hydrogen-bond donors (Lipinski definition) is 1. The van der Waals surface area contributed by atoms with Gasteiger partial charge in [0.2, 0.25) is 0 Å². The highest BCUT2D eigenvalue weighted by Gasteiger charge is 2.07. The van der Waals surface area contributed by atoms with E-state index in [1.807, 2.05) is 43.6 Å². The van der Waals surface area contributed by atoms with E-state index in [2.05, 4.69) is 16.5 Å². The molecule has 96 valence electrons. The number of rotatable bonds is 5. The SMILES string of the molecule is CCCc1nccn1-c1ccc([C@@H](O)CC)cc1. The molecule has 1 atom stereocenters. The Bertz CT molecular complexity index is 487. The van der Waals surface area contributed by atoms with Crippen LogP contribution < -0.4 is 0 Å². The van der Waals surface area contributed by atoms with Crippen molar-refractivity contribution in [3.05, 3.63) is 48.0 Å². The largest absolute Gasteiger partial charge is 0.388 e. The summed E-state index contributed by atoms with van der Waals surface area (Å²) >= 11 is 0. The second kappa shape index (κ2) is 5.83. The summed E-state index contributed by atoms with van der Waals surface area (Å²) in [5.41, 5.74) is 2.07. The van der Waals surface area contributed by atoms with Gasteiger partial charge in [0.1, 0.15) is 5.82 Å². The molecule has 1 N–H and O–H groups in total. The van der Waals surface area contributed by atoms with Crippen LogP contribution in [0, 0.1) is 0 Å². The molecule has 0 bridgehead atoms. The summed E-state index contributed by atoms with van der Waals surface area (Å²) in [6, 6.07) is 8.04. The van der Waals surface area contributed by atoms with Crippen molar-refractivity contribution in [2.24, 2.45) is 0 Å². The van der Waals surface area contributed by atoms with Crippen LogP contribution in [0.3, 0.4) is 0 Å². The summed E-state index contributed by atoms with van der Waals surface area (Å²) in [7, 11) is 0. The summed E-state index contributed by atoms with van der Waals surface area (Å²) in [6.45, 7) is 4.13. The van der Waals surface area contributed by atoms with E-state index in [9.17, 15) is 5.11 Å². The van der Waals surface area contributed by atoms with Crippen LogP contribution in [0.1, 0.15) is 44.2 Å². The molecule has 0 spiro atoms. The quantitative estimate of drug-likeness (QED) is 0.876. The van der Waals surface area contributed by atoms with E-state index >= 15 is 0 Å². The van der Waals surface area contributed by atoms with E-state index in [0.29, 0.717) is 0 Å². The Hall–Kier alpha value is -1.61. The Kier molecular flexibility index (Phi) is 4.15. The Morgan fingerprint density at radius 3 is 2.56 bits per heavy atom. The normalized spacial score (nSPS) is 12.6. The smallest absolute Gasteiger partial charge is 0.113 e. The van der Waals surface area contributed by atoms with Gasteiger partial charge in [0, 0.05) is 24.5 Å². The van der Waals surface area contributed by atoms with Crippen LogP contribution in [0.2, 0.25) is 0 Å². The third kappa shape index (κ3) is 2.62. The number of aromatic nitrogens is 2. The second-order valence-corrected chi connectivity index (χ2v) is 4.48. The first kappa shape index (κ1) is 12.8. The zero-order valence-corrected chi connectivity index (χ0v) is 11.0. The number of aliphatic hydroxyl groups excluding tert-OH is 1. The number of hydrogen-bond acceptors (Lipinski definition) is 2. The van der Waals surface area contributed by atoms with Gasteiger partial charge in [-0.05, 0) is 30.5 Å². The molecule has 1 aromatic heterocycles. The van der Waals surface area contributed by atoms with Crippen molar-refractivity contribution in [3.8, 4) is 5.69 Å². The van der Waals surface area contributed by atoms with Crippen molar-refractivity contribution in [1.82, 2.24) is 9.55 Å². The summed E-state index contributed by atoms with van der Waals surface area (Å²) in [5.74, 6) is 1.08. The maximum absolute atomic E-state index is 9.77. The Labute approximate surface area is 108 Å². The molecule has 3 nitrogen and oxygen atoms in total. The van der Waals surface area contributed by atoms with Gasteiger partial charge in [-0.15, -0.1) is 0 Å². The first-order valence-corrected chi connectivity index (χ1v) is 6.56. The molecule has 0 aliphatic carbocycles. The van der Waals surface area contributed by atoms with Gasteiger partial charge in [-0.2, -0.15) is 0 Å². The van der Waals surface area contributed by atoms with Gasteiger partial charge in [0.25, 0.3) is 0 Å². The molecule has 1 aromatic carbocycles. The van der Waals surface area contributed by atoms with Crippen molar-refractivity contribution >= 4 is 0 Å². The maximum Gasteiger partial charge on any atom is 0.113 e. The van der Waals surface area contributed by atoms with Gasteiger partial charge < -0.3 is 9.67 Å². The molecule has 0 aliphatic rings. The number of nitrogens with zero attached hydrogens (tertiary/aromatic N) is 2. The average Bonchev–Trinajstić information content (AvgIpc) is 2.87. The number of aliphatic hydroxyl groups is 1. The third-order valence-electron chi connectivity index (χ3n) is 3.13. The third-order valence-corrected chi connectivity index (χ3v) is 3.13. The molecule has 1 heterocycles. The molecule has 2 aromatic rings. The van der Waals surface area contributed by atoms with E-state index in [1.54, 1.807) is 0 Å². The maximum atomic E-state index is 9.77. The van der Waals surface area contributed by atoms with E-state index in [0.717, 1.165) is 36.3 Å². The van der Waals surface area contributed by atoms with Gasteiger partial charge in [-0.3, -0.25) is 0 Å². The lowest BCUT2D eigenvalue weighted by molar-refractivity contribution is 0.173. The molecule has 0 unspecified atom stereocenters. The lowest BCUT2D eigenvalue weighted by Crippen LogP contribution is -2.01. The highest BCUT2D eigenvalue weighted by molar-refractivity contribution is 5.36. The van der Waals surface area contributed by atoms with Gasteiger partial charge >= 0.3 is 0 Å². The van der Waals surface area contributed by atoms with Gasteiger partial charge in [-0.25, -0.2) is 4.98 Å². The van der Waals surface area contributed by atoms with Crippen LogP contribution in [-0.2, 0) is 6.42 Å². The average molecular weight is 244 g/mol. The first-order chi connectivity index (χ1) is 8.76. The Morgan fingerprint density at radius 1 is 1.22 bits per heavy atom. The number of benzene rings is 1. The lowest BCUT2D eigenvalue weighted by Gasteiger charge is -2.11. The van der Waals surface area contributed by atoms with Crippen molar-refractivity contribution < 1.29 is 5.11 Å². The molecule has 0 aliphatic heterocycles. The van der Waals surface area contributed by atoms with E-state index in [1.165, 1.54) is 0 Å². The highest BCUT2D eigenvalue weighted by atomic mass is 16.3. The topological polar surface area (TPSA) is 38.0 Å². The monoisotopic (exact) mass is 244 g/mol. The summed E-state index contributed by atoms with van der Waals surface area (Å²) in [6.07, 6.45) is 6.26. The van der Waals surface area contributed by atoms with Gasteiger partial charge in [0.15, 0.2) is 0 Å². The molecule has 2 rings (SSSR count). The highest BCUT2D eigenvalue weighted by Crippen LogP contribution is 2.19. The number of imidazole rings is 1. The van der Waals surface area contributed by atoms with Crippen LogP contribution in [0.4, 0.5) is 0 Å². The molecule has 0 fully saturated rings. The standard InChI is InChI=1S/C15H20N2O/c1-3-5-15-16-10-11-17(15)13-8-6-12(7-9-13)14(18)4-2/h6-11,14,18H,3-5H2,1-2H3/t14-/m0/s1. The zero-order chi connectivity index (χ0) is 13.0. The van der Waals surface area contributed by atoms with Gasteiger partial charge in [-0.1, -0.05) is 26.0 Å². The fourth-order valence-corrected chi connectivity index (χ4v) is 2.07. The molecule has 0 saturated carbocycles. The molecule has 0 saturated heterocycles. The van der Waals surface area contributed by atoms with Crippen molar-refractivity contribution in [1.29, 1.82) is 0 Å². The van der Waals surface area contributed by atoms with Crippen LogP contribution in [0.5, 0.6) is 0 Å². The molecular formula is C15H20N2O. The molecule has 18 heavy (non-hydrogen) atoms. The summed E-state index contributed by atoms with van der Waals surface area (Å²) in [5, 5.41) is 9.77. The predicted octanol–water partition coefficient (Wildman–Crippen LogP) is 3.27. The Morgan fingerprint density at radius 2 is 1.94 bits per heavy atom. The molecular weight excluding hydrogens is 224 g/mol. The van der Waals surface area contributed by atoms with Crippen molar-refractivity contribution in [2.45, 2.75) is 39.2 Å². The lowest BCUT2D eigenvalue weighted by atomic mass is 10.1. The fraction of sp³-hybridized carbons (Fsp3) is 0.400. The zero-order valence-electron chi connectivity index (χ0n) is 11.0. The minimum absolute atomic E-state index is 0.364. The van der Waals surface area contributed by atoms with Gasteiger partial charge in [0.05, 0.1) is 6.10 Å². The van der Waals surface area contributed by atoms with Crippen molar-refractivity contribution in [3.63, 3.8) is 0 Å². The second-order valence-electron chi connectivity index (χ2n) is 4.48. The van der Waals surface area contributed by atoms with E-state index < -0.39 is 0 Å². The summed E-state index contributed by atoms with van der Waals surface area (Å²) < 4.78 is 2.10. The number of aryl methyl sites for hydroxylation is 1. The first-order valence-electron chi connectivity index (χ1n) is 6.56. The summed E-state index contributed by atoms with van der Waals surface area (Å²) in [4.78, 5) is 4.37. The van der Waals surface area contributed by atoms with Crippen LogP contribution in [-0.4, -0.2) is 14.7 Å². The fourth-order valence-electron chi connectivity index (χ4n) is 2.07. The van der Waals surface area contributed by atoms with Crippen LogP contribution in [0.15, 0.2) is 36.7 Å². The van der Waals surface area contributed by atoms with Crippen LogP contribution in [0.25, 0.3) is 5.69 Å². The molecule has 3 heteroatoms. The Balaban J connectivity index is 2.26. The van der Waals surface area contributed by atoms with Crippen LogP contribution >= 0.6 is 0 Å².